The Balaban J connectivity index is 1.54. The summed E-state index contributed by atoms with van der Waals surface area (Å²) in [4.78, 5) is 37.2. The van der Waals surface area contributed by atoms with Crippen LogP contribution in [-0.4, -0.2) is 75.9 Å². The summed E-state index contributed by atoms with van der Waals surface area (Å²) in [6.07, 6.45) is 1.27. The molecule has 1 fully saturated rings. The Hall–Kier alpha value is -3.43. The Kier molecular flexibility index (Phi) is 9.59. The van der Waals surface area contributed by atoms with Gasteiger partial charge in [-0.05, 0) is 57.2 Å². The van der Waals surface area contributed by atoms with Crippen molar-refractivity contribution in [2.45, 2.75) is 57.3 Å². The van der Waals surface area contributed by atoms with Gasteiger partial charge in [-0.25, -0.2) is 9.37 Å². The Bertz CT molecular complexity index is 1240. The fourth-order valence-electron chi connectivity index (χ4n) is 4.82. The highest BCUT2D eigenvalue weighted by molar-refractivity contribution is 5.94. The third kappa shape index (κ3) is 8.28. The third-order valence-electron chi connectivity index (χ3n) is 7.05. The van der Waals surface area contributed by atoms with Crippen LogP contribution in [0.1, 0.15) is 49.2 Å². The molecule has 1 saturated heterocycles. The van der Waals surface area contributed by atoms with Crippen LogP contribution in [0.3, 0.4) is 0 Å². The molecule has 0 bridgehead atoms. The average Bonchev–Trinajstić information content (AvgIpc) is 2.94. The number of fused-ring (bicyclic) bond motifs is 1. The summed E-state index contributed by atoms with van der Waals surface area (Å²) in [5, 5.41) is 14.4. The molecule has 1 aromatic heterocycles. The molecular weight excluding hydrogens is 499 g/mol. The van der Waals surface area contributed by atoms with E-state index in [2.05, 4.69) is 15.3 Å². The zero-order chi connectivity index (χ0) is 27.8. The number of aliphatic hydroxyl groups is 1. The molecule has 3 aromatic rings. The minimum absolute atomic E-state index is 0.0907. The number of aromatic nitrogens is 2. The first-order valence-corrected chi connectivity index (χ1v) is 13.5. The Labute approximate surface area is 228 Å². The summed E-state index contributed by atoms with van der Waals surface area (Å²) in [6, 6.07) is 16.1. The van der Waals surface area contributed by atoms with Crippen molar-refractivity contribution in [2.75, 3.05) is 26.3 Å². The van der Waals surface area contributed by atoms with Crippen LogP contribution < -0.4 is 5.32 Å². The number of carbonyl (C=O) groups excluding carboxylic acids is 2. The van der Waals surface area contributed by atoms with Crippen LogP contribution >= 0.6 is 0 Å². The quantitative estimate of drug-likeness (QED) is 0.387. The van der Waals surface area contributed by atoms with Gasteiger partial charge in [-0.3, -0.25) is 14.6 Å². The zero-order valence-electron chi connectivity index (χ0n) is 22.6. The SMILES string of the molecule is CC(C)(F)CC[C@H](C[C@H](O)[C@H](Cc1ccccc1)NC(=O)c1cnc2ccccc2n1)C(=O)N1CCOCC1. The van der Waals surface area contributed by atoms with Crippen molar-refractivity contribution >= 4 is 22.8 Å². The van der Waals surface area contributed by atoms with Gasteiger partial charge in [0.05, 0.1) is 42.6 Å². The first-order chi connectivity index (χ1) is 18.7. The summed E-state index contributed by atoms with van der Waals surface area (Å²) in [5.41, 5.74) is 0.887. The van der Waals surface area contributed by atoms with Gasteiger partial charge >= 0.3 is 0 Å². The lowest BCUT2D eigenvalue weighted by atomic mass is 9.87. The number of amides is 2. The van der Waals surface area contributed by atoms with Crippen molar-refractivity contribution in [3.63, 3.8) is 0 Å². The van der Waals surface area contributed by atoms with Crippen LogP contribution in [-0.2, 0) is 16.0 Å². The van der Waals surface area contributed by atoms with E-state index in [4.69, 9.17) is 4.74 Å². The molecule has 0 saturated carbocycles. The number of carbonyl (C=O) groups is 2. The van der Waals surface area contributed by atoms with Gasteiger partial charge in [0.1, 0.15) is 11.4 Å². The van der Waals surface area contributed by atoms with E-state index in [0.29, 0.717) is 50.2 Å². The number of hydrogen-bond donors (Lipinski definition) is 2. The number of morpholine rings is 1. The number of ether oxygens (including phenoxy) is 1. The van der Waals surface area contributed by atoms with Crippen molar-refractivity contribution in [3.8, 4) is 0 Å². The van der Waals surface area contributed by atoms with Gasteiger partial charge in [-0.15, -0.1) is 0 Å². The highest BCUT2D eigenvalue weighted by Gasteiger charge is 2.33. The minimum atomic E-state index is -1.44. The number of alkyl halides is 1. The van der Waals surface area contributed by atoms with Gasteiger partial charge in [0.15, 0.2) is 0 Å². The van der Waals surface area contributed by atoms with E-state index >= 15 is 0 Å². The number of rotatable bonds is 11. The summed E-state index contributed by atoms with van der Waals surface area (Å²) >= 11 is 0. The normalized spacial score (nSPS) is 16.5. The minimum Gasteiger partial charge on any atom is -0.391 e. The van der Waals surface area contributed by atoms with E-state index in [1.54, 1.807) is 11.0 Å². The van der Waals surface area contributed by atoms with E-state index in [9.17, 15) is 19.1 Å². The second-order valence-electron chi connectivity index (χ2n) is 10.7. The van der Waals surface area contributed by atoms with Gasteiger partial charge in [0, 0.05) is 19.0 Å². The Morgan fingerprint density at radius 1 is 1.08 bits per heavy atom. The Morgan fingerprint density at radius 3 is 2.44 bits per heavy atom. The van der Waals surface area contributed by atoms with Crippen LogP contribution in [0.2, 0.25) is 0 Å². The molecule has 208 valence electrons. The number of para-hydroxylation sites is 2. The third-order valence-corrected chi connectivity index (χ3v) is 7.05. The highest BCUT2D eigenvalue weighted by atomic mass is 19.1. The molecule has 4 rings (SSSR count). The molecule has 0 spiro atoms. The van der Waals surface area contributed by atoms with Crippen LogP contribution in [0.5, 0.6) is 0 Å². The summed E-state index contributed by atoms with van der Waals surface area (Å²) < 4.78 is 19.8. The molecule has 2 aromatic carbocycles. The molecule has 2 amide bonds. The van der Waals surface area contributed by atoms with Gasteiger partial charge in [-0.2, -0.15) is 0 Å². The predicted molar refractivity (Wildman–Crippen MR) is 147 cm³/mol. The fourth-order valence-corrected chi connectivity index (χ4v) is 4.82. The Morgan fingerprint density at radius 2 is 1.74 bits per heavy atom. The van der Waals surface area contributed by atoms with E-state index in [0.717, 1.165) is 5.56 Å². The second-order valence-corrected chi connectivity index (χ2v) is 10.7. The van der Waals surface area contributed by atoms with Crippen molar-refractivity contribution < 1.29 is 23.8 Å². The fraction of sp³-hybridized carbons (Fsp3) is 0.467. The lowest BCUT2D eigenvalue weighted by Crippen LogP contribution is -2.48. The lowest BCUT2D eigenvalue weighted by molar-refractivity contribution is -0.141. The topological polar surface area (TPSA) is 105 Å². The van der Waals surface area contributed by atoms with Crippen LogP contribution in [0, 0.1) is 5.92 Å². The molecule has 2 heterocycles. The van der Waals surface area contributed by atoms with Gasteiger partial charge < -0.3 is 20.1 Å². The first-order valence-electron chi connectivity index (χ1n) is 13.5. The van der Waals surface area contributed by atoms with Gasteiger partial charge in [0.2, 0.25) is 5.91 Å². The molecule has 2 N–H and O–H groups in total. The molecule has 3 atom stereocenters. The monoisotopic (exact) mass is 536 g/mol. The number of hydrogen-bond acceptors (Lipinski definition) is 6. The predicted octanol–water partition coefficient (Wildman–Crippen LogP) is 3.73. The standard InChI is InChI=1S/C30H37FN4O4/c1-30(2,31)13-12-22(29(38)35-14-16-39-17-15-35)19-27(36)25(18-21-8-4-3-5-9-21)34-28(37)26-20-32-23-10-6-7-11-24(23)33-26/h3-11,20,22,25,27,36H,12-19H2,1-2H3,(H,34,37)/t22-,25+,27+/m1/s1. The van der Waals surface area contributed by atoms with Crippen molar-refractivity contribution in [2.24, 2.45) is 5.92 Å². The largest absolute Gasteiger partial charge is 0.391 e. The zero-order valence-corrected chi connectivity index (χ0v) is 22.6. The number of nitrogens with zero attached hydrogens (tertiary/aromatic N) is 3. The average molecular weight is 537 g/mol. The summed E-state index contributed by atoms with van der Waals surface area (Å²) in [6.45, 7) is 4.82. The van der Waals surface area contributed by atoms with Crippen LogP contribution in [0.15, 0.2) is 60.8 Å². The van der Waals surface area contributed by atoms with Crippen LogP contribution in [0.4, 0.5) is 4.39 Å². The maximum Gasteiger partial charge on any atom is 0.271 e. The van der Waals surface area contributed by atoms with Crippen molar-refractivity contribution in [1.82, 2.24) is 20.2 Å². The highest BCUT2D eigenvalue weighted by Crippen LogP contribution is 2.26. The van der Waals surface area contributed by atoms with E-state index < -0.39 is 29.6 Å². The molecule has 0 unspecified atom stereocenters. The van der Waals surface area contributed by atoms with Crippen molar-refractivity contribution in [3.05, 3.63) is 72.1 Å². The molecule has 9 heteroatoms. The molecule has 1 aliphatic heterocycles. The summed E-state index contributed by atoms with van der Waals surface area (Å²) in [7, 11) is 0. The molecule has 8 nitrogen and oxygen atoms in total. The van der Waals surface area contributed by atoms with Gasteiger partial charge in [0.25, 0.3) is 5.91 Å². The molecular formula is C30H37FN4O4. The number of benzene rings is 2. The summed E-state index contributed by atoms with van der Waals surface area (Å²) in [5.74, 6) is -1.18. The lowest BCUT2D eigenvalue weighted by Gasteiger charge is -2.33. The van der Waals surface area contributed by atoms with E-state index in [1.807, 2.05) is 48.5 Å². The smallest absolute Gasteiger partial charge is 0.271 e. The van der Waals surface area contributed by atoms with E-state index in [-0.39, 0.29) is 24.4 Å². The maximum atomic E-state index is 14.4. The second kappa shape index (κ2) is 13.1. The van der Waals surface area contributed by atoms with Crippen LogP contribution in [0.25, 0.3) is 11.0 Å². The molecule has 0 radical (unpaired) electrons. The maximum absolute atomic E-state index is 14.4. The van der Waals surface area contributed by atoms with Gasteiger partial charge in [-0.1, -0.05) is 42.5 Å². The first kappa shape index (κ1) is 28.6. The molecule has 1 aliphatic rings. The number of nitrogens with one attached hydrogen (secondary N) is 1. The van der Waals surface area contributed by atoms with E-state index in [1.165, 1.54) is 20.0 Å². The number of halogens is 1. The molecule has 0 aliphatic carbocycles. The number of aliphatic hydroxyl groups excluding tert-OH is 1. The van der Waals surface area contributed by atoms with Crippen molar-refractivity contribution in [1.29, 1.82) is 0 Å². The molecule has 39 heavy (non-hydrogen) atoms.